The number of carbonyl (C=O) groups excluding carboxylic acids is 1. The Bertz CT molecular complexity index is 483. The first kappa shape index (κ1) is 16.4. The van der Waals surface area contributed by atoms with E-state index in [1.54, 1.807) is 40.0 Å². The number of halogens is 1. The number of ether oxygens (including phenoxy) is 3. The van der Waals surface area contributed by atoms with E-state index in [1.807, 2.05) is 0 Å². The highest BCUT2D eigenvalue weighted by Gasteiger charge is 2.18. The van der Waals surface area contributed by atoms with Gasteiger partial charge in [0, 0.05) is 11.6 Å². The van der Waals surface area contributed by atoms with Gasteiger partial charge in [-0.15, -0.1) is 11.6 Å². The summed E-state index contributed by atoms with van der Waals surface area (Å²) in [6.45, 7) is 5.38. The van der Waals surface area contributed by atoms with E-state index < -0.39 is 11.7 Å². The molecule has 0 spiro atoms. The summed E-state index contributed by atoms with van der Waals surface area (Å²) in [6.07, 6.45) is -0.554. The van der Waals surface area contributed by atoms with Crippen molar-refractivity contribution in [3.05, 3.63) is 17.7 Å². The van der Waals surface area contributed by atoms with Gasteiger partial charge in [-0.2, -0.15) is 0 Å². The van der Waals surface area contributed by atoms with E-state index in [0.717, 1.165) is 5.56 Å². The molecule has 0 aromatic heterocycles. The highest BCUT2D eigenvalue weighted by atomic mass is 35.5. The van der Waals surface area contributed by atoms with Crippen molar-refractivity contribution in [1.29, 1.82) is 0 Å². The molecule has 0 saturated heterocycles. The standard InChI is InChI=1S/C14H20ClNO4/c1-14(2,3)20-13(17)16-10-6-9(8-15)11(18-4)7-12(10)19-5/h6-7H,8H2,1-5H3,(H,16,17). The molecule has 1 N–H and O–H groups in total. The monoisotopic (exact) mass is 301 g/mol. The molecule has 1 rings (SSSR count). The number of rotatable bonds is 4. The Hall–Kier alpha value is -1.62. The van der Waals surface area contributed by atoms with Gasteiger partial charge in [-0.05, 0) is 26.8 Å². The Morgan fingerprint density at radius 1 is 1.20 bits per heavy atom. The number of anilines is 1. The minimum absolute atomic E-state index is 0.260. The molecule has 20 heavy (non-hydrogen) atoms. The topological polar surface area (TPSA) is 56.8 Å². The number of amides is 1. The summed E-state index contributed by atoms with van der Waals surface area (Å²) in [4.78, 5) is 11.8. The summed E-state index contributed by atoms with van der Waals surface area (Å²) in [5.41, 5.74) is 0.665. The molecule has 112 valence electrons. The fourth-order valence-corrected chi connectivity index (χ4v) is 1.79. The molecule has 6 heteroatoms. The van der Waals surface area contributed by atoms with Crippen LogP contribution >= 0.6 is 11.6 Å². The highest BCUT2D eigenvalue weighted by molar-refractivity contribution is 6.17. The second kappa shape index (κ2) is 6.70. The third-order valence-corrected chi connectivity index (χ3v) is 2.67. The van der Waals surface area contributed by atoms with Crippen LogP contribution in [-0.4, -0.2) is 25.9 Å². The second-order valence-corrected chi connectivity index (χ2v) is 5.39. The zero-order valence-electron chi connectivity index (χ0n) is 12.4. The molecule has 0 radical (unpaired) electrons. The summed E-state index contributed by atoms with van der Waals surface area (Å²) < 4.78 is 15.6. The van der Waals surface area contributed by atoms with Crippen LogP contribution in [0, 0.1) is 0 Å². The molecule has 0 aliphatic carbocycles. The lowest BCUT2D eigenvalue weighted by atomic mass is 10.2. The first-order valence-electron chi connectivity index (χ1n) is 6.11. The van der Waals surface area contributed by atoms with Gasteiger partial charge in [0.15, 0.2) is 0 Å². The zero-order chi connectivity index (χ0) is 15.3. The SMILES string of the molecule is COc1cc(OC)c(NC(=O)OC(C)(C)C)cc1CCl. The first-order valence-corrected chi connectivity index (χ1v) is 6.65. The number of methoxy groups -OCH3 is 2. The Balaban J connectivity index is 3.02. The molecule has 0 unspecified atom stereocenters. The van der Waals surface area contributed by atoms with Crippen LogP contribution in [0.3, 0.4) is 0 Å². The van der Waals surface area contributed by atoms with Crippen molar-refractivity contribution in [3.8, 4) is 11.5 Å². The summed E-state index contributed by atoms with van der Waals surface area (Å²) in [7, 11) is 3.06. The van der Waals surface area contributed by atoms with Gasteiger partial charge in [0.05, 0.1) is 25.8 Å². The van der Waals surface area contributed by atoms with Gasteiger partial charge in [0.2, 0.25) is 0 Å². The third kappa shape index (κ3) is 4.49. The molecular weight excluding hydrogens is 282 g/mol. The molecule has 1 amide bonds. The normalized spacial score (nSPS) is 10.9. The lowest BCUT2D eigenvalue weighted by Gasteiger charge is -2.21. The van der Waals surface area contributed by atoms with Crippen LogP contribution in [-0.2, 0) is 10.6 Å². The van der Waals surface area contributed by atoms with E-state index in [-0.39, 0.29) is 5.88 Å². The number of nitrogens with one attached hydrogen (secondary N) is 1. The van der Waals surface area contributed by atoms with Crippen molar-refractivity contribution in [2.24, 2.45) is 0 Å². The van der Waals surface area contributed by atoms with Gasteiger partial charge in [-0.3, -0.25) is 5.32 Å². The van der Waals surface area contributed by atoms with E-state index in [1.165, 1.54) is 7.11 Å². The third-order valence-electron chi connectivity index (χ3n) is 2.38. The van der Waals surface area contributed by atoms with Gasteiger partial charge in [0.1, 0.15) is 17.1 Å². The molecule has 0 fully saturated rings. The second-order valence-electron chi connectivity index (χ2n) is 5.12. The van der Waals surface area contributed by atoms with E-state index >= 15 is 0 Å². The molecule has 1 aromatic rings. The average molecular weight is 302 g/mol. The predicted octanol–water partition coefficient (Wildman–Crippen LogP) is 3.79. The first-order chi connectivity index (χ1) is 9.30. The highest BCUT2D eigenvalue weighted by Crippen LogP contribution is 2.34. The van der Waals surface area contributed by atoms with Crippen LogP contribution in [0.1, 0.15) is 26.3 Å². The summed E-state index contributed by atoms with van der Waals surface area (Å²) in [5, 5.41) is 2.64. The Morgan fingerprint density at radius 2 is 1.80 bits per heavy atom. The number of hydrogen-bond acceptors (Lipinski definition) is 4. The summed E-state index contributed by atoms with van der Waals surface area (Å²) >= 11 is 5.86. The maximum Gasteiger partial charge on any atom is 0.412 e. The van der Waals surface area contributed by atoms with E-state index in [2.05, 4.69) is 5.32 Å². The molecule has 0 aliphatic rings. The van der Waals surface area contributed by atoms with Crippen LogP contribution in [0.2, 0.25) is 0 Å². The molecule has 0 aliphatic heterocycles. The molecule has 1 aromatic carbocycles. The van der Waals surface area contributed by atoms with Gasteiger partial charge < -0.3 is 14.2 Å². The summed E-state index contributed by atoms with van der Waals surface area (Å²) in [5.74, 6) is 1.34. The molecule has 5 nitrogen and oxygen atoms in total. The van der Waals surface area contributed by atoms with Crippen molar-refractivity contribution in [1.82, 2.24) is 0 Å². The van der Waals surface area contributed by atoms with E-state index in [4.69, 9.17) is 25.8 Å². The number of benzene rings is 1. The Kier molecular flexibility index (Phi) is 5.51. The van der Waals surface area contributed by atoms with Gasteiger partial charge in [-0.1, -0.05) is 0 Å². The molecule has 0 atom stereocenters. The minimum atomic E-state index is -0.570. The van der Waals surface area contributed by atoms with Crippen molar-refractivity contribution in [3.63, 3.8) is 0 Å². The van der Waals surface area contributed by atoms with Crippen LogP contribution in [0.5, 0.6) is 11.5 Å². The van der Waals surface area contributed by atoms with Gasteiger partial charge in [-0.25, -0.2) is 4.79 Å². The number of alkyl halides is 1. The van der Waals surface area contributed by atoms with Crippen LogP contribution in [0.4, 0.5) is 10.5 Å². The smallest absolute Gasteiger partial charge is 0.412 e. The Morgan fingerprint density at radius 3 is 2.25 bits per heavy atom. The molecule has 0 saturated carbocycles. The minimum Gasteiger partial charge on any atom is -0.496 e. The Labute approximate surface area is 124 Å². The molecular formula is C14H20ClNO4. The fraction of sp³-hybridized carbons (Fsp3) is 0.500. The predicted molar refractivity (Wildman–Crippen MR) is 79.0 cm³/mol. The molecule has 0 heterocycles. The largest absolute Gasteiger partial charge is 0.496 e. The van der Waals surface area contributed by atoms with Crippen molar-refractivity contribution < 1.29 is 19.0 Å². The van der Waals surface area contributed by atoms with Crippen molar-refractivity contribution in [2.75, 3.05) is 19.5 Å². The lowest BCUT2D eigenvalue weighted by Crippen LogP contribution is -2.27. The average Bonchev–Trinajstić information content (AvgIpc) is 2.35. The zero-order valence-corrected chi connectivity index (χ0v) is 13.1. The fourth-order valence-electron chi connectivity index (χ4n) is 1.58. The molecule has 0 bridgehead atoms. The summed E-state index contributed by atoms with van der Waals surface area (Å²) in [6, 6.07) is 3.37. The van der Waals surface area contributed by atoms with E-state index in [0.29, 0.717) is 17.2 Å². The quantitative estimate of drug-likeness (QED) is 0.860. The van der Waals surface area contributed by atoms with Crippen molar-refractivity contribution in [2.45, 2.75) is 32.3 Å². The van der Waals surface area contributed by atoms with Gasteiger partial charge in [0.25, 0.3) is 0 Å². The number of hydrogen-bond donors (Lipinski definition) is 1. The van der Waals surface area contributed by atoms with Crippen LogP contribution in [0.25, 0.3) is 0 Å². The van der Waals surface area contributed by atoms with E-state index in [9.17, 15) is 4.79 Å². The maximum atomic E-state index is 11.8. The van der Waals surface area contributed by atoms with Crippen molar-refractivity contribution >= 4 is 23.4 Å². The lowest BCUT2D eigenvalue weighted by molar-refractivity contribution is 0.0635. The maximum absolute atomic E-state index is 11.8. The number of carbonyl (C=O) groups is 1. The van der Waals surface area contributed by atoms with Gasteiger partial charge >= 0.3 is 6.09 Å². The van der Waals surface area contributed by atoms with Crippen LogP contribution in [0.15, 0.2) is 12.1 Å². The van der Waals surface area contributed by atoms with Crippen LogP contribution < -0.4 is 14.8 Å².